The predicted octanol–water partition coefficient (Wildman–Crippen LogP) is 6.52. The SMILES string of the molecule is CC(C)(C)NC(=O)[C@H](Cc1ccccc1)N(Cc1ccc(Cl)cc1)C(=O)CCSCc1ccccc1. The summed E-state index contributed by atoms with van der Waals surface area (Å²) in [7, 11) is 0. The van der Waals surface area contributed by atoms with Crippen LogP contribution in [0.3, 0.4) is 0 Å². The molecule has 36 heavy (non-hydrogen) atoms. The van der Waals surface area contributed by atoms with Crippen LogP contribution in [0.5, 0.6) is 0 Å². The maximum atomic E-state index is 13.6. The van der Waals surface area contributed by atoms with Crippen LogP contribution in [0.25, 0.3) is 0 Å². The fourth-order valence-electron chi connectivity index (χ4n) is 3.86. The van der Waals surface area contributed by atoms with Gasteiger partial charge in [-0.25, -0.2) is 0 Å². The third-order valence-electron chi connectivity index (χ3n) is 5.61. The van der Waals surface area contributed by atoms with Crippen LogP contribution in [0, 0.1) is 0 Å². The van der Waals surface area contributed by atoms with Gasteiger partial charge in [0.2, 0.25) is 11.8 Å². The van der Waals surface area contributed by atoms with Crippen LogP contribution in [-0.2, 0) is 28.3 Å². The predicted molar refractivity (Wildman–Crippen MR) is 151 cm³/mol. The second kappa shape index (κ2) is 13.5. The molecular formula is C30H35ClN2O2S. The first kappa shape index (κ1) is 27.8. The van der Waals surface area contributed by atoms with Crippen molar-refractivity contribution in [2.75, 3.05) is 5.75 Å². The second-order valence-corrected chi connectivity index (χ2v) is 11.4. The highest BCUT2D eigenvalue weighted by atomic mass is 35.5. The maximum Gasteiger partial charge on any atom is 0.243 e. The Labute approximate surface area is 224 Å². The highest BCUT2D eigenvalue weighted by Gasteiger charge is 2.32. The average molecular weight is 523 g/mol. The zero-order valence-corrected chi connectivity index (χ0v) is 22.8. The Bertz CT molecular complexity index is 1100. The number of carbonyl (C=O) groups excluding carboxylic acids is 2. The topological polar surface area (TPSA) is 49.4 Å². The first-order valence-electron chi connectivity index (χ1n) is 12.2. The Morgan fingerprint density at radius 2 is 1.44 bits per heavy atom. The van der Waals surface area contributed by atoms with Crippen LogP contribution in [0.4, 0.5) is 0 Å². The van der Waals surface area contributed by atoms with Crippen LogP contribution in [0.1, 0.15) is 43.9 Å². The minimum atomic E-state index is -0.631. The van der Waals surface area contributed by atoms with E-state index in [1.807, 2.05) is 93.6 Å². The summed E-state index contributed by atoms with van der Waals surface area (Å²) in [4.78, 5) is 28.9. The van der Waals surface area contributed by atoms with E-state index in [4.69, 9.17) is 11.6 Å². The number of hydrogen-bond acceptors (Lipinski definition) is 3. The van der Waals surface area contributed by atoms with E-state index in [-0.39, 0.29) is 11.8 Å². The summed E-state index contributed by atoms with van der Waals surface area (Å²) in [5.74, 6) is 1.36. The Balaban J connectivity index is 1.81. The summed E-state index contributed by atoms with van der Waals surface area (Å²) in [5.41, 5.74) is 2.77. The van der Waals surface area contributed by atoms with Crippen LogP contribution < -0.4 is 5.32 Å². The first-order valence-corrected chi connectivity index (χ1v) is 13.8. The van der Waals surface area contributed by atoms with Crippen molar-refractivity contribution in [3.8, 4) is 0 Å². The molecule has 0 heterocycles. The number of nitrogens with one attached hydrogen (secondary N) is 1. The first-order chi connectivity index (χ1) is 17.2. The molecule has 3 aromatic carbocycles. The lowest BCUT2D eigenvalue weighted by Gasteiger charge is -2.34. The van der Waals surface area contributed by atoms with Crippen molar-refractivity contribution in [1.29, 1.82) is 0 Å². The van der Waals surface area contributed by atoms with Crippen LogP contribution in [0.2, 0.25) is 5.02 Å². The molecule has 190 valence electrons. The third-order valence-corrected chi connectivity index (χ3v) is 6.89. The number of halogens is 1. The van der Waals surface area contributed by atoms with Crippen molar-refractivity contribution in [3.63, 3.8) is 0 Å². The van der Waals surface area contributed by atoms with Gasteiger partial charge in [0.05, 0.1) is 0 Å². The van der Waals surface area contributed by atoms with Crippen molar-refractivity contribution in [1.82, 2.24) is 10.2 Å². The van der Waals surface area contributed by atoms with Crippen LogP contribution in [0.15, 0.2) is 84.9 Å². The molecule has 0 unspecified atom stereocenters. The largest absolute Gasteiger partial charge is 0.350 e. The summed E-state index contributed by atoms with van der Waals surface area (Å²) >= 11 is 7.82. The Morgan fingerprint density at radius 1 is 0.861 bits per heavy atom. The minimum Gasteiger partial charge on any atom is -0.350 e. The van der Waals surface area contributed by atoms with Crippen molar-refractivity contribution in [2.45, 2.75) is 57.5 Å². The molecule has 0 spiro atoms. The zero-order valence-electron chi connectivity index (χ0n) is 21.2. The van der Waals surface area contributed by atoms with Gasteiger partial charge in [-0.05, 0) is 49.6 Å². The molecule has 0 aliphatic carbocycles. The summed E-state index contributed by atoms with van der Waals surface area (Å²) in [6, 6.07) is 26.9. The summed E-state index contributed by atoms with van der Waals surface area (Å²) in [5, 5.41) is 3.74. The highest BCUT2D eigenvalue weighted by Crippen LogP contribution is 2.20. The molecule has 0 aliphatic rings. The van der Waals surface area contributed by atoms with E-state index in [0.717, 1.165) is 16.9 Å². The number of thioether (sulfide) groups is 1. The van der Waals surface area contributed by atoms with Gasteiger partial charge in [0.25, 0.3) is 0 Å². The number of amides is 2. The number of hydrogen-bond donors (Lipinski definition) is 1. The number of nitrogens with zero attached hydrogens (tertiary/aromatic N) is 1. The standard InChI is InChI=1S/C30H35ClN2O2S/c1-30(2,3)32-29(35)27(20-23-10-6-4-7-11-23)33(21-24-14-16-26(31)17-15-24)28(34)18-19-36-22-25-12-8-5-9-13-25/h4-17,27H,18-22H2,1-3H3,(H,32,35)/t27-/m0/s1. The maximum absolute atomic E-state index is 13.6. The smallest absolute Gasteiger partial charge is 0.243 e. The normalized spacial score (nSPS) is 12.1. The number of benzene rings is 3. The van der Waals surface area contributed by atoms with Gasteiger partial charge in [0.1, 0.15) is 6.04 Å². The Kier molecular flexibility index (Phi) is 10.4. The van der Waals surface area contributed by atoms with Gasteiger partial charge < -0.3 is 10.2 Å². The van der Waals surface area contributed by atoms with Crippen LogP contribution >= 0.6 is 23.4 Å². The van der Waals surface area contributed by atoms with E-state index in [9.17, 15) is 9.59 Å². The Hall–Kier alpha value is -2.76. The average Bonchev–Trinajstić information content (AvgIpc) is 2.85. The van der Waals surface area contributed by atoms with E-state index < -0.39 is 11.6 Å². The minimum absolute atomic E-state index is 0.0319. The molecule has 0 radical (unpaired) electrons. The van der Waals surface area contributed by atoms with E-state index in [2.05, 4.69) is 17.4 Å². The fraction of sp³-hybridized carbons (Fsp3) is 0.333. The molecule has 0 bridgehead atoms. The van der Waals surface area contributed by atoms with Gasteiger partial charge in [0, 0.05) is 41.5 Å². The van der Waals surface area contributed by atoms with Gasteiger partial charge in [-0.2, -0.15) is 11.8 Å². The number of rotatable bonds is 11. The molecule has 3 rings (SSSR count). The molecule has 3 aromatic rings. The van der Waals surface area contributed by atoms with Crippen molar-refractivity contribution in [3.05, 3.63) is 107 Å². The van der Waals surface area contributed by atoms with Gasteiger partial charge in [-0.1, -0.05) is 84.4 Å². The van der Waals surface area contributed by atoms with Gasteiger partial charge >= 0.3 is 0 Å². The van der Waals surface area contributed by atoms with E-state index in [1.54, 1.807) is 16.7 Å². The molecule has 0 fully saturated rings. The lowest BCUT2D eigenvalue weighted by molar-refractivity contribution is -0.141. The lowest BCUT2D eigenvalue weighted by atomic mass is 10.0. The molecular weight excluding hydrogens is 488 g/mol. The summed E-state index contributed by atoms with van der Waals surface area (Å²) in [6.07, 6.45) is 0.804. The number of carbonyl (C=O) groups is 2. The second-order valence-electron chi connectivity index (χ2n) is 9.88. The van der Waals surface area contributed by atoms with Gasteiger partial charge in [-0.15, -0.1) is 0 Å². The molecule has 1 atom stereocenters. The molecule has 1 N–H and O–H groups in total. The molecule has 0 aliphatic heterocycles. The Morgan fingerprint density at radius 3 is 2.03 bits per heavy atom. The lowest BCUT2D eigenvalue weighted by Crippen LogP contribution is -2.54. The van der Waals surface area contributed by atoms with Crippen molar-refractivity contribution in [2.24, 2.45) is 0 Å². The van der Waals surface area contributed by atoms with E-state index in [1.165, 1.54) is 5.56 Å². The zero-order chi connectivity index (χ0) is 26.0. The molecule has 0 aromatic heterocycles. The molecule has 6 heteroatoms. The van der Waals surface area contributed by atoms with E-state index in [0.29, 0.717) is 30.2 Å². The van der Waals surface area contributed by atoms with E-state index >= 15 is 0 Å². The molecule has 0 saturated heterocycles. The molecule has 4 nitrogen and oxygen atoms in total. The van der Waals surface area contributed by atoms with Gasteiger partial charge in [-0.3, -0.25) is 9.59 Å². The molecule has 2 amide bonds. The van der Waals surface area contributed by atoms with Crippen molar-refractivity contribution >= 4 is 35.2 Å². The third kappa shape index (κ3) is 9.36. The van der Waals surface area contributed by atoms with Gasteiger partial charge in [0.15, 0.2) is 0 Å². The van der Waals surface area contributed by atoms with Crippen molar-refractivity contribution < 1.29 is 9.59 Å². The monoisotopic (exact) mass is 522 g/mol. The quantitative estimate of drug-likeness (QED) is 0.292. The highest BCUT2D eigenvalue weighted by molar-refractivity contribution is 7.98. The molecule has 0 saturated carbocycles. The summed E-state index contributed by atoms with van der Waals surface area (Å²) < 4.78 is 0. The fourth-order valence-corrected chi connectivity index (χ4v) is 4.88. The van der Waals surface area contributed by atoms with Crippen LogP contribution in [-0.4, -0.2) is 34.0 Å². The summed E-state index contributed by atoms with van der Waals surface area (Å²) in [6.45, 7) is 6.20.